The molecule has 2 heterocycles. The second kappa shape index (κ2) is 7.02. The molecule has 142 valence electrons. The molecule has 0 fully saturated rings. The van der Waals surface area contributed by atoms with Crippen LogP contribution in [0.1, 0.15) is 11.1 Å². The van der Waals surface area contributed by atoms with Gasteiger partial charge in [0.2, 0.25) is 0 Å². The average molecular weight is 383 g/mol. The molecule has 5 rings (SSSR count). The number of hydrogen-bond acceptors (Lipinski definition) is 2. The SMILES string of the molecule is O=c1c2c(ncn1Cc1ccccc1)c1ccccc1n2Cc1ccc(F)cc1. The van der Waals surface area contributed by atoms with E-state index in [1.165, 1.54) is 12.1 Å². The molecule has 3 aromatic carbocycles. The quantitative estimate of drug-likeness (QED) is 0.455. The van der Waals surface area contributed by atoms with E-state index in [1.54, 1.807) is 23.0 Å². The van der Waals surface area contributed by atoms with Crippen LogP contribution in [0.3, 0.4) is 0 Å². The van der Waals surface area contributed by atoms with E-state index in [4.69, 9.17) is 0 Å². The highest BCUT2D eigenvalue weighted by Crippen LogP contribution is 2.26. The van der Waals surface area contributed by atoms with Crippen molar-refractivity contribution < 1.29 is 4.39 Å². The zero-order chi connectivity index (χ0) is 19.8. The second-order valence-electron chi connectivity index (χ2n) is 7.09. The third-order valence-corrected chi connectivity index (χ3v) is 5.18. The Hall–Kier alpha value is -3.73. The van der Waals surface area contributed by atoms with Gasteiger partial charge in [0.1, 0.15) is 16.9 Å². The van der Waals surface area contributed by atoms with Gasteiger partial charge in [0.25, 0.3) is 5.56 Å². The molecule has 5 heteroatoms. The summed E-state index contributed by atoms with van der Waals surface area (Å²) in [6.07, 6.45) is 1.62. The molecule has 29 heavy (non-hydrogen) atoms. The van der Waals surface area contributed by atoms with Crippen molar-refractivity contribution in [1.82, 2.24) is 14.1 Å². The average Bonchev–Trinajstić information content (AvgIpc) is 3.07. The maximum absolute atomic E-state index is 13.4. The molecule has 0 aliphatic carbocycles. The smallest absolute Gasteiger partial charge is 0.278 e. The first-order valence-electron chi connectivity index (χ1n) is 9.45. The lowest BCUT2D eigenvalue weighted by Crippen LogP contribution is -2.23. The van der Waals surface area contributed by atoms with Crippen LogP contribution >= 0.6 is 0 Å². The first-order valence-corrected chi connectivity index (χ1v) is 9.45. The fourth-order valence-electron chi connectivity index (χ4n) is 3.78. The Morgan fingerprint density at radius 1 is 0.793 bits per heavy atom. The van der Waals surface area contributed by atoms with Gasteiger partial charge < -0.3 is 4.57 Å². The molecule has 0 aliphatic rings. The normalized spacial score (nSPS) is 11.3. The van der Waals surface area contributed by atoms with Gasteiger partial charge in [-0.3, -0.25) is 9.36 Å². The third-order valence-electron chi connectivity index (χ3n) is 5.18. The van der Waals surface area contributed by atoms with Crippen molar-refractivity contribution in [2.75, 3.05) is 0 Å². The van der Waals surface area contributed by atoms with Gasteiger partial charge in [0, 0.05) is 11.9 Å². The van der Waals surface area contributed by atoms with Gasteiger partial charge in [-0.05, 0) is 29.3 Å². The number of rotatable bonds is 4. The first kappa shape index (κ1) is 17.4. The Kier molecular flexibility index (Phi) is 4.21. The van der Waals surface area contributed by atoms with Crippen molar-refractivity contribution in [3.63, 3.8) is 0 Å². The lowest BCUT2D eigenvalue weighted by Gasteiger charge is -2.09. The van der Waals surface area contributed by atoms with Crippen molar-refractivity contribution in [3.8, 4) is 0 Å². The number of para-hydroxylation sites is 1. The van der Waals surface area contributed by atoms with Crippen LogP contribution in [0.5, 0.6) is 0 Å². The largest absolute Gasteiger partial charge is 0.330 e. The Morgan fingerprint density at radius 2 is 1.48 bits per heavy atom. The Balaban J connectivity index is 1.71. The van der Waals surface area contributed by atoms with Crippen LogP contribution in [-0.4, -0.2) is 14.1 Å². The molecule has 0 saturated heterocycles. The Morgan fingerprint density at radius 3 is 2.28 bits per heavy atom. The molecule has 0 spiro atoms. The summed E-state index contributed by atoms with van der Waals surface area (Å²) in [6, 6.07) is 24.1. The summed E-state index contributed by atoms with van der Waals surface area (Å²) in [6.45, 7) is 0.928. The Bertz CT molecular complexity index is 1370. The Labute approximate surface area is 166 Å². The van der Waals surface area contributed by atoms with Crippen molar-refractivity contribution in [2.45, 2.75) is 13.1 Å². The van der Waals surface area contributed by atoms with Gasteiger partial charge in [0.15, 0.2) is 0 Å². The first-order chi connectivity index (χ1) is 14.2. The molecule has 0 unspecified atom stereocenters. The number of benzene rings is 3. The van der Waals surface area contributed by atoms with Crippen molar-refractivity contribution in [1.29, 1.82) is 0 Å². The molecule has 5 aromatic rings. The van der Waals surface area contributed by atoms with E-state index in [9.17, 15) is 9.18 Å². The summed E-state index contributed by atoms with van der Waals surface area (Å²) >= 11 is 0. The van der Waals surface area contributed by atoms with Gasteiger partial charge in [-0.2, -0.15) is 0 Å². The predicted molar refractivity (Wildman–Crippen MR) is 113 cm³/mol. The molecular weight excluding hydrogens is 365 g/mol. The fraction of sp³-hybridized carbons (Fsp3) is 0.0833. The molecule has 0 radical (unpaired) electrons. The van der Waals surface area contributed by atoms with Gasteiger partial charge in [0.05, 0.1) is 18.4 Å². The van der Waals surface area contributed by atoms with E-state index < -0.39 is 0 Å². The van der Waals surface area contributed by atoms with Crippen LogP contribution in [0.25, 0.3) is 21.9 Å². The molecule has 0 N–H and O–H groups in total. The van der Waals surface area contributed by atoms with Gasteiger partial charge >= 0.3 is 0 Å². The van der Waals surface area contributed by atoms with Crippen LogP contribution in [0.4, 0.5) is 4.39 Å². The number of halogens is 1. The summed E-state index contributed by atoms with van der Waals surface area (Å²) < 4.78 is 16.9. The topological polar surface area (TPSA) is 39.8 Å². The van der Waals surface area contributed by atoms with Gasteiger partial charge in [-0.25, -0.2) is 9.37 Å². The van der Waals surface area contributed by atoms with Crippen LogP contribution in [0.15, 0.2) is 90.0 Å². The highest BCUT2D eigenvalue weighted by atomic mass is 19.1. The van der Waals surface area contributed by atoms with E-state index in [0.29, 0.717) is 24.1 Å². The van der Waals surface area contributed by atoms with Crippen LogP contribution in [-0.2, 0) is 13.1 Å². The van der Waals surface area contributed by atoms with Crippen molar-refractivity contribution >= 4 is 21.9 Å². The summed E-state index contributed by atoms with van der Waals surface area (Å²) in [5.74, 6) is -0.275. The van der Waals surface area contributed by atoms with Crippen LogP contribution in [0, 0.1) is 5.82 Å². The molecule has 0 amide bonds. The van der Waals surface area contributed by atoms with Gasteiger partial charge in [-0.1, -0.05) is 60.7 Å². The minimum absolute atomic E-state index is 0.0860. The standard InChI is InChI=1S/C24H18FN3O/c25-19-12-10-18(11-13-19)15-28-21-9-5-4-8-20(21)22-23(28)24(29)27(16-26-22)14-17-6-2-1-3-7-17/h1-13,16H,14-15H2. The monoisotopic (exact) mass is 383 g/mol. The molecule has 0 atom stereocenters. The molecule has 4 nitrogen and oxygen atoms in total. The maximum atomic E-state index is 13.4. The third kappa shape index (κ3) is 3.10. The lowest BCUT2D eigenvalue weighted by molar-refractivity contribution is 0.626. The van der Waals surface area contributed by atoms with E-state index >= 15 is 0 Å². The highest BCUT2D eigenvalue weighted by Gasteiger charge is 2.16. The number of nitrogens with zero attached hydrogens (tertiary/aromatic N) is 3. The zero-order valence-electron chi connectivity index (χ0n) is 15.6. The second-order valence-corrected chi connectivity index (χ2v) is 7.09. The number of fused-ring (bicyclic) bond motifs is 3. The number of hydrogen-bond donors (Lipinski definition) is 0. The van der Waals surface area contributed by atoms with Crippen LogP contribution < -0.4 is 5.56 Å². The van der Waals surface area contributed by atoms with E-state index in [0.717, 1.165) is 22.0 Å². The van der Waals surface area contributed by atoms with E-state index in [1.807, 2.05) is 59.2 Å². The number of aromatic nitrogens is 3. The van der Waals surface area contributed by atoms with Crippen LogP contribution in [0.2, 0.25) is 0 Å². The maximum Gasteiger partial charge on any atom is 0.278 e. The van der Waals surface area contributed by atoms with Gasteiger partial charge in [-0.15, -0.1) is 0 Å². The minimum atomic E-state index is -0.275. The lowest BCUT2D eigenvalue weighted by atomic mass is 10.2. The summed E-state index contributed by atoms with van der Waals surface area (Å²) in [5.41, 5.74) is 4.07. The fourth-order valence-corrected chi connectivity index (χ4v) is 3.78. The summed E-state index contributed by atoms with van der Waals surface area (Å²) in [4.78, 5) is 18.0. The summed E-state index contributed by atoms with van der Waals surface area (Å²) in [5, 5.41) is 0.938. The molecule has 0 saturated carbocycles. The predicted octanol–water partition coefficient (Wildman–Crippen LogP) is 4.59. The van der Waals surface area contributed by atoms with Crippen molar-refractivity contribution in [3.05, 3.63) is 112 Å². The van der Waals surface area contributed by atoms with E-state index in [-0.39, 0.29) is 11.4 Å². The summed E-state index contributed by atoms with van der Waals surface area (Å²) in [7, 11) is 0. The highest BCUT2D eigenvalue weighted by molar-refractivity contribution is 6.05. The molecule has 0 aliphatic heterocycles. The van der Waals surface area contributed by atoms with Crippen molar-refractivity contribution in [2.24, 2.45) is 0 Å². The molecular formula is C24H18FN3O. The van der Waals surface area contributed by atoms with E-state index in [2.05, 4.69) is 4.98 Å². The molecule has 2 aromatic heterocycles. The molecule has 0 bridgehead atoms. The minimum Gasteiger partial charge on any atom is -0.330 e. The zero-order valence-corrected chi connectivity index (χ0v) is 15.6.